The number of hydrogen-bond donors (Lipinski definition) is 4. The lowest BCUT2D eigenvalue weighted by Gasteiger charge is -2.16. The molecule has 10 heteroatoms. The molecule has 0 aliphatic carbocycles. The molecular weight excluding hydrogens is 306 g/mol. The Hall–Kier alpha value is -2.27. The number of hydrogen-bond acceptors (Lipinski definition) is 7. The van der Waals surface area contributed by atoms with Crippen LogP contribution < -0.4 is 5.56 Å². The van der Waals surface area contributed by atoms with E-state index in [1.165, 1.54) is 15.3 Å². The molecule has 4 N–H and O–H groups in total. The normalized spacial score (nSPS) is 28.2. The summed E-state index contributed by atoms with van der Waals surface area (Å²) in [6.07, 6.45) is -1.46. The molecule has 4 heterocycles. The van der Waals surface area contributed by atoms with Crippen LogP contribution >= 0.6 is 0 Å². The first-order valence-corrected chi connectivity index (χ1v) is 7.08. The Morgan fingerprint density at radius 1 is 1.39 bits per heavy atom. The van der Waals surface area contributed by atoms with Gasteiger partial charge in [0.25, 0.3) is 5.56 Å². The number of aliphatic hydroxyl groups excluding tert-OH is 3. The zero-order valence-corrected chi connectivity index (χ0v) is 12.1. The Morgan fingerprint density at radius 3 is 2.87 bits per heavy atom. The molecule has 1 unspecified atom stereocenters. The molecule has 23 heavy (non-hydrogen) atoms. The molecule has 0 bridgehead atoms. The first-order valence-electron chi connectivity index (χ1n) is 7.08. The molecule has 1 aliphatic rings. The predicted octanol–water partition coefficient (Wildman–Crippen LogP) is -1.71. The SMILES string of the molecule is Cc1cn2c(=O)c3ncn(C4O[C@H](CO)[C@@H](O)[C@H]4O)c3nc2[nH]1. The molecule has 1 saturated heterocycles. The van der Waals surface area contributed by atoms with Gasteiger partial charge in [-0.2, -0.15) is 4.98 Å². The van der Waals surface area contributed by atoms with Crippen LogP contribution in [0.5, 0.6) is 0 Å². The van der Waals surface area contributed by atoms with Crippen LogP contribution in [0.4, 0.5) is 0 Å². The first-order chi connectivity index (χ1) is 11.0. The number of H-pyrrole nitrogens is 1. The van der Waals surface area contributed by atoms with Gasteiger partial charge in [-0.1, -0.05) is 0 Å². The maximum atomic E-state index is 12.4. The number of ether oxygens (including phenoxy) is 1. The van der Waals surface area contributed by atoms with Crippen LogP contribution in [0.15, 0.2) is 17.3 Å². The Morgan fingerprint density at radius 2 is 2.17 bits per heavy atom. The fourth-order valence-electron chi connectivity index (χ4n) is 2.89. The van der Waals surface area contributed by atoms with E-state index in [9.17, 15) is 20.1 Å². The summed E-state index contributed by atoms with van der Waals surface area (Å²) in [6, 6.07) is 0. The quantitative estimate of drug-likeness (QED) is 0.441. The standard InChI is InChI=1S/C13H15N5O5/c1-5-2-17-11(22)7-10(16-13(17)15-5)18(4-14-7)12-9(21)8(20)6(3-19)23-12/h2,4,6,8-9,12,19-21H,3H2,1H3,(H,15,16)/t6-,8-,9-,12?/m1/s1. The van der Waals surface area contributed by atoms with Crippen LogP contribution in [0.25, 0.3) is 16.9 Å². The van der Waals surface area contributed by atoms with E-state index < -0.39 is 31.1 Å². The van der Waals surface area contributed by atoms with Crippen molar-refractivity contribution in [2.45, 2.75) is 31.5 Å². The minimum absolute atomic E-state index is 0.124. The highest BCUT2D eigenvalue weighted by Crippen LogP contribution is 2.30. The van der Waals surface area contributed by atoms with Gasteiger partial charge in [0, 0.05) is 11.9 Å². The number of imidazole rings is 2. The lowest BCUT2D eigenvalue weighted by molar-refractivity contribution is -0.0511. The maximum Gasteiger partial charge on any atom is 0.287 e. The molecule has 0 radical (unpaired) electrons. The third kappa shape index (κ3) is 1.93. The molecule has 4 atom stereocenters. The average molecular weight is 321 g/mol. The van der Waals surface area contributed by atoms with Gasteiger partial charge in [-0.25, -0.2) is 9.38 Å². The van der Waals surface area contributed by atoms with Gasteiger partial charge in [0.05, 0.1) is 12.9 Å². The highest BCUT2D eigenvalue weighted by Gasteiger charge is 2.44. The monoisotopic (exact) mass is 321 g/mol. The number of fused-ring (bicyclic) bond motifs is 2. The molecule has 4 rings (SSSR count). The fourth-order valence-corrected chi connectivity index (χ4v) is 2.89. The number of aliphatic hydroxyl groups is 3. The molecule has 10 nitrogen and oxygen atoms in total. The van der Waals surface area contributed by atoms with Crippen molar-refractivity contribution in [2.24, 2.45) is 0 Å². The summed E-state index contributed by atoms with van der Waals surface area (Å²) < 4.78 is 8.20. The summed E-state index contributed by atoms with van der Waals surface area (Å²) in [5, 5.41) is 29.2. The minimum Gasteiger partial charge on any atom is -0.394 e. The summed E-state index contributed by atoms with van der Waals surface area (Å²) in [4.78, 5) is 23.8. The van der Waals surface area contributed by atoms with Crippen molar-refractivity contribution in [2.75, 3.05) is 6.61 Å². The van der Waals surface area contributed by atoms with E-state index >= 15 is 0 Å². The van der Waals surface area contributed by atoms with Gasteiger partial charge in [-0.3, -0.25) is 9.36 Å². The topological polar surface area (TPSA) is 138 Å². The van der Waals surface area contributed by atoms with E-state index in [0.717, 1.165) is 5.69 Å². The summed E-state index contributed by atoms with van der Waals surface area (Å²) in [7, 11) is 0. The van der Waals surface area contributed by atoms with Crippen molar-refractivity contribution in [1.29, 1.82) is 0 Å². The van der Waals surface area contributed by atoms with Crippen LogP contribution in [0.2, 0.25) is 0 Å². The van der Waals surface area contributed by atoms with Gasteiger partial charge in [-0.05, 0) is 6.92 Å². The summed E-state index contributed by atoms with van der Waals surface area (Å²) >= 11 is 0. The molecule has 0 amide bonds. The molecule has 1 fully saturated rings. The van der Waals surface area contributed by atoms with E-state index in [1.54, 1.807) is 13.1 Å². The second-order valence-corrected chi connectivity index (χ2v) is 5.60. The van der Waals surface area contributed by atoms with Gasteiger partial charge in [0.1, 0.15) is 18.3 Å². The van der Waals surface area contributed by atoms with E-state index in [2.05, 4.69) is 15.0 Å². The highest BCUT2D eigenvalue weighted by atomic mass is 16.6. The molecule has 3 aromatic heterocycles. The summed E-state index contributed by atoms with van der Waals surface area (Å²) in [6.45, 7) is 1.36. The number of aryl methyl sites for hydroxylation is 1. The Bertz CT molecular complexity index is 943. The largest absolute Gasteiger partial charge is 0.394 e. The first kappa shape index (κ1) is 14.3. The van der Waals surface area contributed by atoms with Crippen molar-refractivity contribution in [3.8, 4) is 0 Å². The fraction of sp³-hybridized carbons (Fsp3) is 0.462. The van der Waals surface area contributed by atoms with Crippen molar-refractivity contribution in [3.05, 3.63) is 28.6 Å². The molecule has 0 spiro atoms. The Balaban J connectivity index is 1.90. The average Bonchev–Trinajstić information content (AvgIpc) is 3.18. The van der Waals surface area contributed by atoms with Crippen molar-refractivity contribution < 1.29 is 20.1 Å². The maximum absolute atomic E-state index is 12.4. The highest BCUT2D eigenvalue weighted by molar-refractivity contribution is 5.71. The molecular formula is C13H15N5O5. The van der Waals surface area contributed by atoms with Gasteiger partial charge in [0.2, 0.25) is 5.78 Å². The molecule has 1 aliphatic heterocycles. The number of aromatic amines is 1. The lowest BCUT2D eigenvalue weighted by Crippen LogP contribution is -2.33. The molecule has 0 aromatic carbocycles. The van der Waals surface area contributed by atoms with Crippen molar-refractivity contribution in [1.82, 2.24) is 23.9 Å². The second-order valence-electron chi connectivity index (χ2n) is 5.60. The zero-order chi connectivity index (χ0) is 16.3. The van der Waals surface area contributed by atoms with Crippen LogP contribution in [0, 0.1) is 6.92 Å². The molecule has 3 aromatic rings. The van der Waals surface area contributed by atoms with Gasteiger partial charge in [0.15, 0.2) is 17.4 Å². The Kier molecular flexibility index (Phi) is 3.03. The smallest absolute Gasteiger partial charge is 0.287 e. The van der Waals surface area contributed by atoms with E-state index in [1.807, 2.05) is 0 Å². The third-order valence-electron chi connectivity index (χ3n) is 4.05. The lowest BCUT2D eigenvalue weighted by atomic mass is 10.1. The molecule has 0 saturated carbocycles. The van der Waals surface area contributed by atoms with Crippen molar-refractivity contribution in [3.63, 3.8) is 0 Å². The van der Waals surface area contributed by atoms with Crippen molar-refractivity contribution >= 4 is 16.9 Å². The predicted molar refractivity (Wildman–Crippen MR) is 76.9 cm³/mol. The minimum atomic E-state index is -1.27. The number of nitrogens with zero attached hydrogens (tertiary/aromatic N) is 4. The Labute approximate surface area is 128 Å². The second kappa shape index (κ2) is 4.86. The van der Waals surface area contributed by atoms with Crippen LogP contribution in [-0.4, -0.2) is 64.2 Å². The number of rotatable bonds is 2. The summed E-state index contributed by atoms with van der Waals surface area (Å²) in [5.74, 6) is 0.341. The van der Waals surface area contributed by atoms with Gasteiger partial charge < -0.3 is 25.0 Å². The third-order valence-corrected chi connectivity index (χ3v) is 4.05. The van der Waals surface area contributed by atoms with Gasteiger partial charge in [-0.15, -0.1) is 0 Å². The van der Waals surface area contributed by atoms with E-state index in [0.29, 0.717) is 5.78 Å². The summed E-state index contributed by atoms with van der Waals surface area (Å²) in [5.41, 5.74) is 0.771. The van der Waals surface area contributed by atoms with E-state index in [-0.39, 0.29) is 16.7 Å². The van der Waals surface area contributed by atoms with Crippen LogP contribution in [0.1, 0.15) is 11.9 Å². The van der Waals surface area contributed by atoms with Crippen LogP contribution in [-0.2, 0) is 4.74 Å². The molecule has 122 valence electrons. The van der Waals surface area contributed by atoms with Gasteiger partial charge >= 0.3 is 0 Å². The zero-order valence-electron chi connectivity index (χ0n) is 12.1. The van der Waals surface area contributed by atoms with E-state index in [4.69, 9.17) is 4.74 Å². The van der Waals surface area contributed by atoms with Crippen LogP contribution in [0.3, 0.4) is 0 Å². The number of aromatic nitrogens is 5. The number of nitrogens with one attached hydrogen (secondary N) is 1.